The monoisotopic (exact) mass is 192 g/mol. The molecule has 0 bridgehead atoms. The van der Waals surface area contributed by atoms with E-state index < -0.39 is 0 Å². The molecule has 3 heteroatoms. The van der Waals surface area contributed by atoms with Crippen LogP contribution in [0.25, 0.3) is 0 Å². The Morgan fingerprint density at radius 1 is 1.50 bits per heavy atom. The maximum Gasteiger partial charge on any atom is 0.120 e. The first-order valence-corrected chi connectivity index (χ1v) is 4.80. The zero-order chi connectivity index (χ0) is 10.4. The fourth-order valence-electron chi connectivity index (χ4n) is 1.10. The number of benzene rings is 1. The fourth-order valence-corrected chi connectivity index (χ4v) is 1.10. The minimum Gasteiger partial charge on any atom is -0.494 e. The third-order valence-corrected chi connectivity index (χ3v) is 1.98. The zero-order valence-electron chi connectivity index (χ0n) is 8.42. The predicted octanol–water partition coefficient (Wildman–Crippen LogP) is 2.45. The molecule has 3 N–H and O–H groups in total. The molecular weight excluding hydrogens is 176 g/mol. The number of hydrogen-bond acceptors (Lipinski definition) is 3. The highest BCUT2D eigenvalue weighted by molar-refractivity contribution is 5.85. The molecule has 1 aromatic carbocycles. The summed E-state index contributed by atoms with van der Waals surface area (Å²) < 4.78 is 5.48. The summed E-state index contributed by atoms with van der Waals surface area (Å²) in [4.78, 5) is 0. The van der Waals surface area contributed by atoms with Crippen LogP contribution in [0.2, 0.25) is 0 Å². The van der Waals surface area contributed by atoms with E-state index in [9.17, 15) is 0 Å². The second-order valence-corrected chi connectivity index (χ2v) is 3.14. The van der Waals surface area contributed by atoms with E-state index in [4.69, 9.17) is 15.9 Å². The molecule has 0 spiro atoms. The van der Waals surface area contributed by atoms with Crippen LogP contribution in [0.5, 0.6) is 5.75 Å². The van der Waals surface area contributed by atoms with Crippen molar-refractivity contribution in [3.63, 3.8) is 0 Å². The molecule has 0 saturated carbocycles. The molecule has 0 aliphatic rings. The van der Waals surface area contributed by atoms with E-state index in [1.54, 1.807) is 12.1 Å². The highest BCUT2D eigenvalue weighted by Gasteiger charge is 1.98. The lowest BCUT2D eigenvalue weighted by atomic mass is 10.2. The number of nitrogen functional groups attached to an aromatic ring is 1. The van der Waals surface area contributed by atoms with E-state index in [1.807, 2.05) is 6.07 Å². The van der Waals surface area contributed by atoms with E-state index in [0.717, 1.165) is 25.2 Å². The summed E-state index contributed by atoms with van der Waals surface area (Å²) in [6, 6.07) is 5.39. The Kier molecular flexibility index (Phi) is 3.98. The lowest BCUT2D eigenvalue weighted by Gasteiger charge is -2.07. The second-order valence-electron chi connectivity index (χ2n) is 3.14. The molecule has 0 saturated heterocycles. The summed E-state index contributed by atoms with van der Waals surface area (Å²) in [5.74, 6) is 0.783. The second kappa shape index (κ2) is 5.27. The third-order valence-electron chi connectivity index (χ3n) is 1.98. The lowest BCUT2D eigenvalue weighted by Crippen LogP contribution is -1.98. The van der Waals surface area contributed by atoms with E-state index >= 15 is 0 Å². The molecule has 14 heavy (non-hydrogen) atoms. The number of hydrogen-bond donors (Lipinski definition) is 2. The van der Waals surface area contributed by atoms with Crippen LogP contribution in [0.15, 0.2) is 18.2 Å². The van der Waals surface area contributed by atoms with Gasteiger partial charge in [-0.05, 0) is 24.6 Å². The molecule has 0 atom stereocenters. The molecule has 76 valence electrons. The molecule has 1 rings (SSSR count). The largest absolute Gasteiger partial charge is 0.494 e. The van der Waals surface area contributed by atoms with Crippen molar-refractivity contribution in [2.45, 2.75) is 19.8 Å². The summed E-state index contributed by atoms with van der Waals surface area (Å²) in [5.41, 5.74) is 6.97. The average Bonchev–Trinajstić information content (AvgIpc) is 2.21. The Labute approximate surface area is 84.4 Å². The maximum atomic E-state index is 7.13. The topological polar surface area (TPSA) is 59.1 Å². The molecule has 0 unspecified atom stereocenters. The van der Waals surface area contributed by atoms with Crippen molar-refractivity contribution in [3.8, 4) is 5.75 Å². The van der Waals surface area contributed by atoms with Gasteiger partial charge in [-0.3, -0.25) is 0 Å². The molecule has 3 nitrogen and oxygen atoms in total. The molecule has 0 fully saturated rings. The van der Waals surface area contributed by atoms with Crippen LogP contribution < -0.4 is 10.5 Å². The predicted molar refractivity (Wildman–Crippen MR) is 59.1 cm³/mol. The number of unbranched alkanes of at least 4 members (excludes halogenated alkanes) is 1. The van der Waals surface area contributed by atoms with Crippen molar-refractivity contribution >= 4 is 11.9 Å². The van der Waals surface area contributed by atoms with Gasteiger partial charge in [0, 0.05) is 17.5 Å². The van der Waals surface area contributed by atoms with Crippen LogP contribution in [0, 0.1) is 5.41 Å². The Hall–Kier alpha value is -1.51. The van der Waals surface area contributed by atoms with E-state index in [2.05, 4.69) is 6.92 Å². The molecule has 1 aromatic rings. The van der Waals surface area contributed by atoms with Crippen LogP contribution in [0.3, 0.4) is 0 Å². The number of nitrogens with one attached hydrogen (secondary N) is 1. The van der Waals surface area contributed by atoms with E-state index in [-0.39, 0.29) is 0 Å². The molecule has 0 heterocycles. The van der Waals surface area contributed by atoms with Gasteiger partial charge < -0.3 is 15.9 Å². The van der Waals surface area contributed by atoms with Crippen LogP contribution in [0.4, 0.5) is 5.69 Å². The summed E-state index contributed by atoms with van der Waals surface area (Å²) in [6.07, 6.45) is 3.40. The molecule has 0 amide bonds. The van der Waals surface area contributed by atoms with Crippen molar-refractivity contribution in [3.05, 3.63) is 23.8 Å². The minimum atomic E-state index is 0.614. The molecule has 0 aliphatic carbocycles. The highest BCUT2D eigenvalue weighted by Crippen LogP contribution is 2.18. The fraction of sp³-hybridized carbons (Fsp3) is 0.364. The third kappa shape index (κ3) is 2.76. The van der Waals surface area contributed by atoms with Gasteiger partial charge >= 0.3 is 0 Å². The molecule has 0 aromatic heterocycles. The van der Waals surface area contributed by atoms with E-state index in [0.29, 0.717) is 11.3 Å². The van der Waals surface area contributed by atoms with Crippen molar-refractivity contribution < 1.29 is 4.74 Å². The number of nitrogens with two attached hydrogens (primary N) is 1. The number of anilines is 1. The summed E-state index contributed by atoms with van der Waals surface area (Å²) in [5, 5.41) is 7.13. The first-order valence-electron chi connectivity index (χ1n) is 4.80. The minimum absolute atomic E-state index is 0.614. The average molecular weight is 192 g/mol. The SMILES string of the molecule is CCCCOc1ccc(N)c(C=N)c1. The van der Waals surface area contributed by atoms with Gasteiger partial charge in [0.2, 0.25) is 0 Å². The quantitative estimate of drug-likeness (QED) is 0.427. The van der Waals surface area contributed by atoms with Crippen LogP contribution in [0.1, 0.15) is 25.3 Å². The van der Waals surface area contributed by atoms with Gasteiger partial charge in [0.15, 0.2) is 0 Å². The lowest BCUT2D eigenvalue weighted by molar-refractivity contribution is 0.309. The Bertz CT molecular complexity index is 310. The molecule has 0 aliphatic heterocycles. The summed E-state index contributed by atoms with van der Waals surface area (Å²) in [7, 11) is 0. The maximum absolute atomic E-state index is 7.13. The van der Waals surface area contributed by atoms with Crippen LogP contribution in [-0.4, -0.2) is 12.8 Å². The van der Waals surface area contributed by atoms with Gasteiger partial charge in [0.25, 0.3) is 0 Å². The van der Waals surface area contributed by atoms with Gasteiger partial charge in [-0.15, -0.1) is 0 Å². The smallest absolute Gasteiger partial charge is 0.120 e. The molecular formula is C11H16N2O. The van der Waals surface area contributed by atoms with E-state index in [1.165, 1.54) is 6.21 Å². The van der Waals surface area contributed by atoms with Crippen LogP contribution >= 0.6 is 0 Å². The van der Waals surface area contributed by atoms with Crippen molar-refractivity contribution in [1.82, 2.24) is 0 Å². The van der Waals surface area contributed by atoms with Gasteiger partial charge in [0.1, 0.15) is 5.75 Å². The van der Waals surface area contributed by atoms with Crippen molar-refractivity contribution in [2.24, 2.45) is 0 Å². The summed E-state index contributed by atoms with van der Waals surface area (Å²) >= 11 is 0. The van der Waals surface area contributed by atoms with Gasteiger partial charge in [-0.1, -0.05) is 13.3 Å². The number of ether oxygens (including phenoxy) is 1. The van der Waals surface area contributed by atoms with Gasteiger partial charge in [-0.2, -0.15) is 0 Å². The normalized spacial score (nSPS) is 9.79. The van der Waals surface area contributed by atoms with Crippen LogP contribution in [-0.2, 0) is 0 Å². The van der Waals surface area contributed by atoms with Gasteiger partial charge in [0.05, 0.1) is 6.61 Å². The Balaban J connectivity index is 2.64. The zero-order valence-corrected chi connectivity index (χ0v) is 8.42. The summed E-state index contributed by atoms with van der Waals surface area (Å²) in [6.45, 7) is 2.84. The Morgan fingerprint density at radius 2 is 2.29 bits per heavy atom. The Morgan fingerprint density at radius 3 is 2.93 bits per heavy atom. The first-order chi connectivity index (χ1) is 6.77. The van der Waals surface area contributed by atoms with Crippen molar-refractivity contribution in [1.29, 1.82) is 5.41 Å². The van der Waals surface area contributed by atoms with Crippen molar-refractivity contribution in [2.75, 3.05) is 12.3 Å². The standard InChI is InChI=1S/C11H16N2O/c1-2-3-6-14-10-4-5-11(13)9(7-10)8-12/h4-5,7-8,12H,2-3,6,13H2,1H3. The highest BCUT2D eigenvalue weighted by atomic mass is 16.5. The first kappa shape index (κ1) is 10.6. The van der Waals surface area contributed by atoms with Gasteiger partial charge in [-0.25, -0.2) is 0 Å². The number of rotatable bonds is 5. The molecule has 0 radical (unpaired) electrons.